The smallest absolute Gasteiger partial charge is 0.0180 e. The molecule has 2 heterocycles. The fourth-order valence-electron chi connectivity index (χ4n) is 2.47. The van der Waals surface area contributed by atoms with Crippen LogP contribution in [0, 0.1) is 5.92 Å². The Kier molecular flexibility index (Phi) is 3.19. The third-order valence-electron chi connectivity index (χ3n) is 3.22. The van der Waals surface area contributed by atoms with Gasteiger partial charge in [-0.2, -0.15) is 0 Å². The number of nitrogens with zero attached hydrogens (tertiary/aromatic N) is 1. The molecule has 0 saturated carbocycles. The molecular formula is C10H21N3. The third-order valence-corrected chi connectivity index (χ3v) is 3.22. The van der Waals surface area contributed by atoms with Gasteiger partial charge in [0.15, 0.2) is 0 Å². The van der Waals surface area contributed by atoms with Crippen molar-refractivity contribution in [2.45, 2.75) is 25.3 Å². The summed E-state index contributed by atoms with van der Waals surface area (Å²) in [5.41, 5.74) is 5.87. The second-order valence-corrected chi connectivity index (χ2v) is 4.52. The molecule has 2 unspecified atom stereocenters. The van der Waals surface area contributed by atoms with Crippen LogP contribution >= 0.6 is 0 Å². The van der Waals surface area contributed by atoms with Crippen molar-refractivity contribution in [3.63, 3.8) is 0 Å². The molecule has 2 saturated heterocycles. The van der Waals surface area contributed by atoms with E-state index in [-0.39, 0.29) is 0 Å². The van der Waals surface area contributed by atoms with Crippen molar-refractivity contribution >= 4 is 0 Å². The highest BCUT2D eigenvalue weighted by molar-refractivity contribution is 4.81. The highest BCUT2D eigenvalue weighted by Gasteiger charge is 2.22. The van der Waals surface area contributed by atoms with Gasteiger partial charge in [0, 0.05) is 19.1 Å². The van der Waals surface area contributed by atoms with Crippen molar-refractivity contribution in [2.24, 2.45) is 11.7 Å². The molecule has 76 valence electrons. The van der Waals surface area contributed by atoms with Crippen molar-refractivity contribution in [1.82, 2.24) is 10.2 Å². The summed E-state index contributed by atoms with van der Waals surface area (Å²) in [4.78, 5) is 2.53. The zero-order valence-electron chi connectivity index (χ0n) is 8.34. The molecule has 13 heavy (non-hydrogen) atoms. The summed E-state index contributed by atoms with van der Waals surface area (Å²) in [5.74, 6) is 0.874. The molecule has 3 nitrogen and oxygen atoms in total. The first kappa shape index (κ1) is 9.44. The highest BCUT2D eigenvalue weighted by atomic mass is 15.2. The summed E-state index contributed by atoms with van der Waals surface area (Å²) in [6.45, 7) is 6.04. The second kappa shape index (κ2) is 4.40. The van der Waals surface area contributed by atoms with Crippen molar-refractivity contribution in [2.75, 3.05) is 32.7 Å². The van der Waals surface area contributed by atoms with Gasteiger partial charge in [0.05, 0.1) is 0 Å². The third kappa shape index (κ3) is 2.66. The molecule has 0 aromatic heterocycles. The molecule has 0 radical (unpaired) electrons. The molecule has 0 aliphatic carbocycles. The van der Waals surface area contributed by atoms with E-state index < -0.39 is 0 Å². The van der Waals surface area contributed by atoms with Gasteiger partial charge >= 0.3 is 0 Å². The maximum atomic E-state index is 5.87. The van der Waals surface area contributed by atoms with Crippen molar-refractivity contribution in [1.29, 1.82) is 0 Å². The van der Waals surface area contributed by atoms with E-state index in [4.69, 9.17) is 5.73 Å². The first-order valence-corrected chi connectivity index (χ1v) is 5.53. The minimum atomic E-state index is 0.441. The molecule has 3 heteroatoms. The number of rotatable bonds is 2. The van der Waals surface area contributed by atoms with E-state index in [1.165, 1.54) is 45.4 Å². The lowest BCUT2D eigenvalue weighted by atomic mass is 9.99. The van der Waals surface area contributed by atoms with Crippen LogP contribution in [-0.2, 0) is 0 Å². The van der Waals surface area contributed by atoms with Crippen LogP contribution in [0.3, 0.4) is 0 Å². The summed E-state index contributed by atoms with van der Waals surface area (Å²) in [7, 11) is 0. The zero-order valence-corrected chi connectivity index (χ0v) is 8.34. The Labute approximate surface area is 80.7 Å². The maximum absolute atomic E-state index is 5.87. The number of nitrogens with two attached hydrogens (primary N) is 1. The van der Waals surface area contributed by atoms with Crippen molar-refractivity contribution in [3.05, 3.63) is 0 Å². The Balaban J connectivity index is 1.71. The minimum Gasteiger partial charge on any atom is -0.326 e. The number of piperidine rings is 1. The molecule has 2 rings (SSSR count). The van der Waals surface area contributed by atoms with Crippen LogP contribution in [-0.4, -0.2) is 43.7 Å². The Hall–Kier alpha value is -0.120. The average molecular weight is 183 g/mol. The van der Waals surface area contributed by atoms with Gasteiger partial charge in [-0.15, -0.1) is 0 Å². The lowest BCUT2D eigenvalue weighted by Gasteiger charge is -2.27. The Morgan fingerprint density at radius 3 is 2.92 bits per heavy atom. The number of nitrogens with one attached hydrogen (secondary N) is 1. The fraction of sp³-hybridized carbons (Fsp3) is 1.00. The maximum Gasteiger partial charge on any atom is 0.0180 e. The zero-order chi connectivity index (χ0) is 9.10. The molecule has 0 amide bonds. The molecule has 2 atom stereocenters. The molecule has 0 aromatic rings. The van der Waals surface area contributed by atoms with E-state index in [1.807, 2.05) is 0 Å². The van der Waals surface area contributed by atoms with Gasteiger partial charge < -0.3 is 16.0 Å². The Morgan fingerprint density at radius 2 is 2.31 bits per heavy atom. The standard InChI is InChI=1S/C10H21N3/c11-10-3-5-13(8-10)7-9-2-1-4-12-6-9/h9-10,12H,1-8,11H2. The molecule has 0 spiro atoms. The van der Waals surface area contributed by atoms with E-state index in [0.29, 0.717) is 6.04 Å². The van der Waals surface area contributed by atoms with E-state index in [0.717, 1.165) is 12.5 Å². The Morgan fingerprint density at radius 1 is 1.38 bits per heavy atom. The molecule has 2 aliphatic heterocycles. The average Bonchev–Trinajstić information content (AvgIpc) is 2.53. The molecule has 0 aromatic carbocycles. The van der Waals surface area contributed by atoms with Crippen molar-refractivity contribution < 1.29 is 0 Å². The van der Waals surface area contributed by atoms with Gasteiger partial charge in [0.25, 0.3) is 0 Å². The molecular weight excluding hydrogens is 162 g/mol. The van der Waals surface area contributed by atoms with Crippen LogP contribution in [0.1, 0.15) is 19.3 Å². The quantitative estimate of drug-likeness (QED) is 0.634. The first-order chi connectivity index (χ1) is 6.34. The highest BCUT2D eigenvalue weighted by Crippen LogP contribution is 2.15. The lowest BCUT2D eigenvalue weighted by Crippen LogP contribution is -2.38. The topological polar surface area (TPSA) is 41.3 Å². The first-order valence-electron chi connectivity index (χ1n) is 5.53. The van der Waals surface area contributed by atoms with Gasteiger partial charge in [-0.1, -0.05) is 0 Å². The van der Waals surface area contributed by atoms with Gasteiger partial charge in [-0.3, -0.25) is 0 Å². The van der Waals surface area contributed by atoms with E-state index in [9.17, 15) is 0 Å². The molecule has 2 fully saturated rings. The van der Waals surface area contributed by atoms with Crippen LogP contribution in [0.15, 0.2) is 0 Å². The summed E-state index contributed by atoms with van der Waals surface area (Å²) in [5, 5.41) is 3.46. The number of hydrogen-bond donors (Lipinski definition) is 2. The predicted octanol–water partition coefficient (Wildman–Crippen LogP) is 0.0190. The van der Waals surface area contributed by atoms with Crippen LogP contribution in [0.2, 0.25) is 0 Å². The van der Waals surface area contributed by atoms with Gasteiger partial charge in [-0.25, -0.2) is 0 Å². The summed E-state index contributed by atoms with van der Waals surface area (Å²) < 4.78 is 0. The van der Waals surface area contributed by atoms with Crippen LogP contribution in [0.25, 0.3) is 0 Å². The van der Waals surface area contributed by atoms with Crippen LogP contribution in [0.4, 0.5) is 0 Å². The predicted molar refractivity (Wildman–Crippen MR) is 54.6 cm³/mol. The SMILES string of the molecule is NC1CCN(CC2CCCNC2)C1. The van der Waals surface area contributed by atoms with Crippen LogP contribution in [0.5, 0.6) is 0 Å². The Bertz CT molecular complexity index is 151. The van der Waals surface area contributed by atoms with E-state index in [1.54, 1.807) is 0 Å². The largest absolute Gasteiger partial charge is 0.326 e. The normalized spacial score (nSPS) is 36.7. The second-order valence-electron chi connectivity index (χ2n) is 4.52. The van der Waals surface area contributed by atoms with Gasteiger partial charge in [-0.05, 0) is 44.8 Å². The fourth-order valence-corrected chi connectivity index (χ4v) is 2.47. The molecule has 2 aliphatic rings. The van der Waals surface area contributed by atoms with E-state index >= 15 is 0 Å². The minimum absolute atomic E-state index is 0.441. The van der Waals surface area contributed by atoms with Gasteiger partial charge in [0.2, 0.25) is 0 Å². The number of likely N-dealkylation sites (tertiary alicyclic amines) is 1. The monoisotopic (exact) mass is 183 g/mol. The summed E-state index contributed by atoms with van der Waals surface area (Å²) in [6.07, 6.45) is 3.95. The van der Waals surface area contributed by atoms with E-state index in [2.05, 4.69) is 10.2 Å². The van der Waals surface area contributed by atoms with Gasteiger partial charge in [0.1, 0.15) is 0 Å². The lowest BCUT2D eigenvalue weighted by molar-refractivity contribution is 0.242. The van der Waals surface area contributed by atoms with Crippen LogP contribution < -0.4 is 11.1 Å². The van der Waals surface area contributed by atoms with Crippen molar-refractivity contribution in [3.8, 4) is 0 Å². The number of hydrogen-bond acceptors (Lipinski definition) is 3. The summed E-state index contributed by atoms with van der Waals surface area (Å²) in [6, 6.07) is 0.441. The summed E-state index contributed by atoms with van der Waals surface area (Å²) >= 11 is 0. The molecule has 0 bridgehead atoms. The molecule has 3 N–H and O–H groups in total.